The minimum atomic E-state index is -1.57. The molecule has 0 spiro atoms. The van der Waals surface area contributed by atoms with Crippen molar-refractivity contribution in [3.63, 3.8) is 0 Å². The van der Waals surface area contributed by atoms with Crippen molar-refractivity contribution in [2.75, 3.05) is 53.1 Å². The number of esters is 1. The molecule has 0 unspecified atom stereocenters. The number of nitrogens with zero attached hydrogens (tertiary/aromatic N) is 1. The highest BCUT2D eigenvalue weighted by molar-refractivity contribution is 8.13. The van der Waals surface area contributed by atoms with Gasteiger partial charge in [0.25, 0.3) is 5.91 Å². The first-order valence-electron chi connectivity index (χ1n) is 12.7. The molecule has 2 N–H and O–H groups in total. The zero-order valence-corrected chi connectivity index (χ0v) is 24.4. The van der Waals surface area contributed by atoms with Gasteiger partial charge in [-0.2, -0.15) is 0 Å². The van der Waals surface area contributed by atoms with Crippen molar-refractivity contribution in [2.24, 2.45) is 5.41 Å². The van der Waals surface area contributed by atoms with Crippen LogP contribution in [0.1, 0.15) is 46.0 Å². The molecule has 0 aliphatic carbocycles. The van der Waals surface area contributed by atoms with Gasteiger partial charge >= 0.3 is 12.1 Å². The number of ketones is 1. The minimum absolute atomic E-state index is 0.110. The van der Waals surface area contributed by atoms with E-state index in [0.717, 1.165) is 11.8 Å². The van der Waals surface area contributed by atoms with Crippen LogP contribution in [0.15, 0.2) is 0 Å². The van der Waals surface area contributed by atoms with Crippen molar-refractivity contribution in [1.82, 2.24) is 10.6 Å². The van der Waals surface area contributed by atoms with Crippen molar-refractivity contribution >= 4 is 52.6 Å². The molecule has 0 aromatic heterocycles. The third-order valence-corrected chi connectivity index (χ3v) is 6.34. The molecule has 2 atom stereocenters. The zero-order chi connectivity index (χ0) is 30.5. The van der Waals surface area contributed by atoms with Crippen LogP contribution in [-0.4, -0.2) is 111 Å². The van der Waals surface area contributed by atoms with Crippen LogP contribution in [-0.2, 0) is 43.0 Å². The average Bonchev–Trinajstić information content (AvgIpc) is 2.80. The van der Waals surface area contributed by atoms with Gasteiger partial charge in [-0.05, 0) is 0 Å². The number of carbonyl (C=O) groups is 7. The second kappa shape index (κ2) is 16.2. The first-order chi connectivity index (χ1) is 18.5. The van der Waals surface area contributed by atoms with Crippen LogP contribution in [0.4, 0.5) is 4.79 Å². The monoisotopic (exact) mass is 589 g/mol. The fourth-order valence-corrected chi connectivity index (χ4v) is 4.26. The number of hydrogen-bond donors (Lipinski definition) is 2. The summed E-state index contributed by atoms with van der Waals surface area (Å²) in [6.07, 6.45) is -5.59. The molecule has 40 heavy (non-hydrogen) atoms. The summed E-state index contributed by atoms with van der Waals surface area (Å²) < 4.78 is 16.0. The number of nitrogens with one attached hydrogen (secondary N) is 2. The number of Topliss-reactive ketones (excluding diaryl/α,β-unsaturated/α-hetero) is 1. The Hall–Kier alpha value is -3.20. The maximum absolute atomic E-state index is 13.1. The molecular weight excluding hydrogens is 550 g/mol. The lowest BCUT2D eigenvalue weighted by molar-refractivity contribution is -0.873. The Morgan fingerprint density at radius 1 is 1.07 bits per heavy atom. The van der Waals surface area contributed by atoms with Gasteiger partial charge in [-0.25, -0.2) is 4.79 Å². The van der Waals surface area contributed by atoms with Crippen molar-refractivity contribution in [2.45, 2.75) is 58.2 Å². The van der Waals surface area contributed by atoms with Gasteiger partial charge in [0.1, 0.15) is 18.9 Å². The number of ether oxygens (including phenoxy) is 3. The molecular formula is C25H39N3O11S. The van der Waals surface area contributed by atoms with Crippen LogP contribution in [0, 0.1) is 5.41 Å². The van der Waals surface area contributed by atoms with Crippen molar-refractivity contribution in [3.05, 3.63) is 0 Å². The fraction of sp³-hybridized carbons (Fsp3) is 0.720. The molecule has 14 nitrogen and oxygen atoms in total. The Balaban J connectivity index is 3.06. The van der Waals surface area contributed by atoms with Crippen molar-refractivity contribution in [3.8, 4) is 0 Å². The summed E-state index contributed by atoms with van der Waals surface area (Å²) in [6, 6.07) is 0. The van der Waals surface area contributed by atoms with Crippen LogP contribution in [0.3, 0.4) is 0 Å². The molecule has 0 bridgehead atoms. The van der Waals surface area contributed by atoms with Gasteiger partial charge in [0.15, 0.2) is 17.3 Å². The summed E-state index contributed by atoms with van der Waals surface area (Å²) in [5, 5.41) is 15.9. The summed E-state index contributed by atoms with van der Waals surface area (Å²) in [4.78, 5) is 85.2. The summed E-state index contributed by atoms with van der Waals surface area (Å²) in [7, 11) is 5.28. The highest BCUT2D eigenvalue weighted by Crippen LogP contribution is 2.26. The maximum atomic E-state index is 13.1. The number of likely N-dealkylation sites (N-methyl/N-ethyl adjacent to an activating group) is 1. The molecule has 0 aromatic carbocycles. The second-order valence-corrected chi connectivity index (χ2v) is 12.2. The Morgan fingerprint density at radius 3 is 2.38 bits per heavy atom. The van der Waals surface area contributed by atoms with E-state index < -0.39 is 66.3 Å². The first-order valence-corrected chi connectivity index (χ1v) is 13.7. The predicted octanol–water partition coefficient (Wildman–Crippen LogP) is -1.07. The van der Waals surface area contributed by atoms with Gasteiger partial charge in [-0.15, -0.1) is 0 Å². The number of amides is 2. The first kappa shape index (κ1) is 34.8. The minimum Gasteiger partial charge on any atom is -0.550 e. The number of thioether (sulfide) groups is 1. The molecule has 226 valence electrons. The Labute approximate surface area is 237 Å². The molecule has 1 aliphatic heterocycles. The van der Waals surface area contributed by atoms with E-state index in [1.807, 2.05) is 0 Å². The Bertz CT molecular complexity index is 962. The van der Waals surface area contributed by atoms with Crippen LogP contribution < -0.4 is 15.7 Å². The number of quaternary nitrogens is 1. The van der Waals surface area contributed by atoms with Crippen molar-refractivity contribution in [1.29, 1.82) is 0 Å². The standard InChI is InChI=1S/C25H39N3O11S/c1-25(2)15-37-20(33)7-6-16(29)12-21(34)40-11-10-26-18(30)8-9-27-23(35)22(25)39-24(36)38-17(13-19(31)32)14-28(3,4)5/h17,22H,6-15H2,1-5H3,(H2-,26,27,30,31,32,35)/t17-,22+/m1/s1. The van der Waals surface area contributed by atoms with Crippen LogP contribution in [0.2, 0.25) is 0 Å². The lowest BCUT2D eigenvalue weighted by atomic mass is 9.86. The molecule has 1 saturated heterocycles. The SMILES string of the molecule is CC1(C)COC(=O)CCC(=O)CC(=O)SCCNC(=O)CCNC(=O)[C@@H]1OC(=O)O[C@H](CC(=O)[O-])C[N+](C)(C)C. The number of carboxylic acid groups (broad SMARTS) is 1. The molecule has 0 aromatic rings. The van der Waals surface area contributed by atoms with E-state index in [0.29, 0.717) is 0 Å². The van der Waals surface area contributed by atoms with Crippen LogP contribution >= 0.6 is 11.8 Å². The maximum Gasteiger partial charge on any atom is 0.509 e. The number of hydrogen-bond acceptors (Lipinski definition) is 12. The number of aliphatic carboxylic acids is 1. The van der Waals surface area contributed by atoms with E-state index in [1.54, 1.807) is 21.1 Å². The zero-order valence-electron chi connectivity index (χ0n) is 23.6. The number of cyclic esters (lactones) is 1. The fourth-order valence-electron chi connectivity index (χ4n) is 3.56. The summed E-state index contributed by atoms with van der Waals surface area (Å²) in [5.41, 5.74) is -1.31. The molecule has 0 saturated carbocycles. The predicted molar refractivity (Wildman–Crippen MR) is 139 cm³/mol. The van der Waals surface area contributed by atoms with Gasteiger partial charge in [0.05, 0.1) is 34.0 Å². The van der Waals surface area contributed by atoms with E-state index in [2.05, 4.69) is 10.6 Å². The quantitative estimate of drug-likeness (QED) is 0.217. The molecule has 1 heterocycles. The topological polar surface area (TPSA) is 194 Å². The van der Waals surface area contributed by atoms with E-state index in [1.165, 1.54) is 13.8 Å². The third-order valence-electron chi connectivity index (χ3n) is 5.46. The van der Waals surface area contributed by atoms with E-state index >= 15 is 0 Å². The second-order valence-electron chi connectivity index (χ2n) is 11.0. The molecule has 1 rings (SSSR count). The largest absolute Gasteiger partial charge is 0.550 e. The van der Waals surface area contributed by atoms with Crippen LogP contribution in [0.5, 0.6) is 0 Å². The summed E-state index contributed by atoms with van der Waals surface area (Å²) in [6.45, 7) is 2.72. The Morgan fingerprint density at radius 2 is 1.75 bits per heavy atom. The van der Waals surface area contributed by atoms with E-state index in [-0.39, 0.29) is 60.7 Å². The average molecular weight is 590 g/mol. The summed E-state index contributed by atoms with van der Waals surface area (Å²) in [5.74, 6) is -3.61. The number of carbonyl (C=O) groups excluding carboxylic acids is 7. The lowest BCUT2D eigenvalue weighted by Crippen LogP contribution is -2.50. The highest BCUT2D eigenvalue weighted by atomic mass is 32.2. The smallest absolute Gasteiger partial charge is 0.509 e. The molecule has 15 heteroatoms. The van der Waals surface area contributed by atoms with E-state index in [4.69, 9.17) is 14.2 Å². The van der Waals surface area contributed by atoms with E-state index in [9.17, 15) is 38.7 Å². The Kier molecular flexibility index (Phi) is 14.1. The molecule has 0 radical (unpaired) electrons. The van der Waals surface area contributed by atoms with Gasteiger partial charge in [-0.1, -0.05) is 25.6 Å². The van der Waals surface area contributed by atoms with Crippen molar-refractivity contribution < 1.29 is 57.4 Å². The van der Waals surface area contributed by atoms with Gasteiger partial charge in [-0.3, -0.25) is 24.0 Å². The van der Waals surface area contributed by atoms with Gasteiger partial charge in [0.2, 0.25) is 5.91 Å². The number of rotatable bonds is 6. The van der Waals surface area contributed by atoms with Crippen LogP contribution in [0.25, 0.3) is 0 Å². The molecule has 2 amide bonds. The molecule has 1 fully saturated rings. The third kappa shape index (κ3) is 14.8. The van der Waals surface area contributed by atoms with Gasteiger partial charge < -0.3 is 39.2 Å². The van der Waals surface area contributed by atoms with Gasteiger partial charge in [0, 0.05) is 49.5 Å². The normalized spacial score (nSPS) is 21.4. The lowest BCUT2D eigenvalue weighted by Gasteiger charge is -2.33. The summed E-state index contributed by atoms with van der Waals surface area (Å²) >= 11 is 0.888. The number of carboxylic acids is 1. The highest BCUT2D eigenvalue weighted by Gasteiger charge is 2.41. The molecule has 1 aliphatic rings.